The van der Waals surface area contributed by atoms with Crippen molar-refractivity contribution in [1.29, 1.82) is 0 Å². The summed E-state index contributed by atoms with van der Waals surface area (Å²) in [5, 5.41) is 18.1. The van der Waals surface area contributed by atoms with Gasteiger partial charge in [0.05, 0.1) is 10.4 Å². The summed E-state index contributed by atoms with van der Waals surface area (Å²) in [5.74, 6) is 0. The van der Waals surface area contributed by atoms with E-state index >= 15 is 0 Å². The molecule has 74 valence electrons. The van der Waals surface area contributed by atoms with Crippen LogP contribution in [0.25, 0.3) is 0 Å². The third-order valence-electron chi connectivity index (χ3n) is 1.76. The highest BCUT2D eigenvalue weighted by atomic mass is 35.5. The van der Waals surface area contributed by atoms with Gasteiger partial charge in [0, 0.05) is 17.9 Å². The third kappa shape index (κ3) is 4.09. The Morgan fingerprint density at radius 2 is 2.23 bits per heavy atom. The van der Waals surface area contributed by atoms with Crippen LogP contribution >= 0.6 is 22.9 Å². The van der Waals surface area contributed by atoms with Gasteiger partial charge in [0.15, 0.2) is 0 Å². The number of halogens is 1. The highest BCUT2D eigenvalue weighted by Gasteiger charge is 2.06. The molecule has 0 amide bonds. The van der Waals surface area contributed by atoms with Gasteiger partial charge in [-0.1, -0.05) is 11.6 Å². The molecule has 13 heavy (non-hydrogen) atoms. The standard InChI is InChI=1S/C9H13ClO2S/c10-9-4-3-8(13-9)6-7(12)2-1-5-11/h3-4,7,11-12H,1-2,5-6H2. The smallest absolute Gasteiger partial charge is 0.0931 e. The van der Waals surface area contributed by atoms with Crippen LogP contribution in [-0.2, 0) is 6.42 Å². The van der Waals surface area contributed by atoms with Crippen LogP contribution in [0.5, 0.6) is 0 Å². The summed E-state index contributed by atoms with van der Waals surface area (Å²) in [6, 6.07) is 3.76. The zero-order valence-corrected chi connectivity index (χ0v) is 8.81. The Labute approximate surface area is 86.8 Å². The molecule has 0 radical (unpaired) electrons. The van der Waals surface area contributed by atoms with E-state index in [9.17, 15) is 5.11 Å². The molecule has 2 N–H and O–H groups in total. The van der Waals surface area contributed by atoms with Crippen molar-refractivity contribution in [3.63, 3.8) is 0 Å². The van der Waals surface area contributed by atoms with Gasteiger partial charge in [-0.2, -0.15) is 0 Å². The van der Waals surface area contributed by atoms with E-state index in [1.54, 1.807) is 0 Å². The van der Waals surface area contributed by atoms with Crippen LogP contribution in [0.4, 0.5) is 0 Å². The van der Waals surface area contributed by atoms with Gasteiger partial charge in [0.25, 0.3) is 0 Å². The second kappa shape index (κ2) is 5.60. The van der Waals surface area contributed by atoms with Crippen molar-refractivity contribution < 1.29 is 10.2 Å². The molecule has 1 atom stereocenters. The van der Waals surface area contributed by atoms with Crippen molar-refractivity contribution in [3.8, 4) is 0 Å². The van der Waals surface area contributed by atoms with Crippen molar-refractivity contribution in [2.75, 3.05) is 6.61 Å². The molecule has 4 heteroatoms. The minimum atomic E-state index is -0.359. The van der Waals surface area contributed by atoms with Crippen molar-refractivity contribution >= 4 is 22.9 Å². The highest BCUT2D eigenvalue weighted by Crippen LogP contribution is 2.23. The first-order valence-corrected chi connectivity index (χ1v) is 5.45. The average Bonchev–Trinajstić information content (AvgIpc) is 2.48. The second-order valence-electron chi connectivity index (χ2n) is 2.93. The molecule has 1 heterocycles. The second-order valence-corrected chi connectivity index (χ2v) is 4.73. The van der Waals surface area contributed by atoms with Crippen LogP contribution in [0.15, 0.2) is 12.1 Å². The molecular weight excluding hydrogens is 208 g/mol. The Morgan fingerprint density at radius 3 is 2.77 bits per heavy atom. The number of rotatable bonds is 5. The largest absolute Gasteiger partial charge is 0.396 e. The summed E-state index contributed by atoms with van der Waals surface area (Å²) in [6.45, 7) is 0.141. The maximum absolute atomic E-state index is 9.50. The number of hydrogen-bond donors (Lipinski definition) is 2. The lowest BCUT2D eigenvalue weighted by Gasteiger charge is -2.06. The molecule has 0 saturated heterocycles. The number of thiophene rings is 1. The zero-order chi connectivity index (χ0) is 9.68. The number of aliphatic hydroxyl groups excluding tert-OH is 2. The summed E-state index contributed by atoms with van der Waals surface area (Å²) < 4.78 is 0.754. The predicted molar refractivity (Wildman–Crippen MR) is 55.4 cm³/mol. The first kappa shape index (κ1) is 11.0. The monoisotopic (exact) mass is 220 g/mol. The topological polar surface area (TPSA) is 40.5 Å². The lowest BCUT2D eigenvalue weighted by atomic mass is 10.1. The molecule has 0 aliphatic rings. The summed E-state index contributed by atoms with van der Waals surface area (Å²) in [6.07, 6.45) is 1.57. The molecule has 1 aromatic rings. The summed E-state index contributed by atoms with van der Waals surface area (Å²) in [5.41, 5.74) is 0. The van der Waals surface area contributed by atoms with Crippen molar-refractivity contribution in [2.45, 2.75) is 25.4 Å². The Balaban J connectivity index is 2.31. The van der Waals surface area contributed by atoms with E-state index in [0.29, 0.717) is 19.3 Å². The molecule has 0 saturated carbocycles. The lowest BCUT2D eigenvalue weighted by Crippen LogP contribution is -2.09. The molecular formula is C9H13ClO2S. The Bertz CT molecular complexity index is 250. The summed E-state index contributed by atoms with van der Waals surface area (Å²) in [4.78, 5) is 1.09. The average molecular weight is 221 g/mol. The normalized spacial score (nSPS) is 13.2. The van der Waals surface area contributed by atoms with E-state index in [2.05, 4.69) is 0 Å². The Morgan fingerprint density at radius 1 is 1.46 bits per heavy atom. The van der Waals surface area contributed by atoms with Gasteiger partial charge in [0.1, 0.15) is 0 Å². The minimum absolute atomic E-state index is 0.141. The maximum atomic E-state index is 9.50. The van der Waals surface area contributed by atoms with E-state index in [4.69, 9.17) is 16.7 Å². The van der Waals surface area contributed by atoms with Crippen LogP contribution in [0, 0.1) is 0 Å². The molecule has 0 bridgehead atoms. The molecule has 0 aliphatic carbocycles. The quantitative estimate of drug-likeness (QED) is 0.798. The van der Waals surface area contributed by atoms with Gasteiger partial charge in [-0.25, -0.2) is 0 Å². The molecule has 1 unspecified atom stereocenters. The fraction of sp³-hybridized carbons (Fsp3) is 0.556. The molecule has 0 spiro atoms. The zero-order valence-electron chi connectivity index (χ0n) is 7.24. The fourth-order valence-electron chi connectivity index (χ4n) is 1.12. The van der Waals surface area contributed by atoms with E-state index in [1.165, 1.54) is 11.3 Å². The third-order valence-corrected chi connectivity index (χ3v) is 3.01. The Hall–Kier alpha value is -0.0900. The van der Waals surface area contributed by atoms with E-state index in [1.807, 2.05) is 12.1 Å². The van der Waals surface area contributed by atoms with Gasteiger partial charge >= 0.3 is 0 Å². The first-order valence-electron chi connectivity index (χ1n) is 4.25. The van der Waals surface area contributed by atoms with Crippen LogP contribution in [0.2, 0.25) is 4.34 Å². The SMILES string of the molecule is OCCCC(O)Cc1ccc(Cl)s1. The van der Waals surface area contributed by atoms with Crippen molar-refractivity contribution in [1.82, 2.24) is 0 Å². The van der Waals surface area contributed by atoms with Crippen molar-refractivity contribution in [3.05, 3.63) is 21.3 Å². The van der Waals surface area contributed by atoms with Crippen LogP contribution in [0.1, 0.15) is 17.7 Å². The lowest BCUT2D eigenvalue weighted by molar-refractivity contribution is 0.150. The first-order chi connectivity index (χ1) is 6.22. The molecule has 0 fully saturated rings. The highest BCUT2D eigenvalue weighted by molar-refractivity contribution is 7.16. The van der Waals surface area contributed by atoms with Gasteiger partial charge < -0.3 is 10.2 Å². The predicted octanol–water partition coefficient (Wildman–Crippen LogP) is 2.08. The van der Waals surface area contributed by atoms with Gasteiger partial charge in [0.2, 0.25) is 0 Å². The number of aliphatic hydroxyl groups is 2. The Kier molecular flexibility index (Phi) is 4.73. The molecule has 2 nitrogen and oxygen atoms in total. The summed E-state index contributed by atoms with van der Waals surface area (Å²) >= 11 is 7.24. The van der Waals surface area contributed by atoms with Crippen LogP contribution in [-0.4, -0.2) is 22.9 Å². The maximum Gasteiger partial charge on any atom is 0.0931 e. The van der Waals surface area contributed by atoms with Gasteiger partial charge in [-0.05, 0) is 25.0 Å². The van der Waals surface area contributed by atoms with E-state index in [0.717, 1.165) is 9.21 Å². The van der Waals surface area contributed by atoms with Gasteiger partial charge in [-0.3, -0.25) is 0 Å². The van der Waals surface area contributed by atoms with Crippen LogP contribution < -0.4 is 0 Å². The van der Waals surface area contributed by atoms with Crippen LogP contribution in [0.3, 0.4) is 0 Å². The van der Waals surface area contributed by atoms with E-state index in [-0.39, 0.29) is 12.7 Å². The van der Waals surface area contributed by atoms with Gasteiger partial charge in [-0.15, -0.1) is 11.3 Å². The molecule has 1 rings (SSSR count). The van der Waals surface area contributed by atoms with Crippen molar-refractivity contribution in [2.24, 2.45) is 0 Å². The van der Waals surface area contributed by atoms with E-state index < -0.39 is 0 Å². The molecule has 0 aliphatic heterocycles. The fourth-order valence-corrected chi connectivity index (χ4v) is 2.28. The summed E-state index contributed by atoms with van der Waals surface area (Å²) in [7, 11) is 0. The molecule has 0 aromatic carbocycles. The molecule has 1 aromatic heterocycles. The number of hydrogen-bond acceptors (Lipinski definition) is 3. The minimum Gasteiger partial charge on any atom is -0.396 e.